The van der Waals surface area contributed by atoms with Crippen molar-refractivity contribution >= 4 is 45.2 Å². The van der Waals surface area contributed by atoms with E-state index >= 15 is 0 Å². The highest BCUT2D eigenvalue weighted by molar-refractivity contribution is 14.1. The molecule has 2 aromatic rings. The Bertz CT molecular complexity index is 611. The standard InChI is InChI=1S/C16H20ClIN2/c1-2-16(7-3-8-16)11-20-14-5-4-12(18)10-13(14)19-15(20)6-9-17/h4-5,10H,2-3,6-9,11H2,1H3. The van der Waals surface area contributed by atoms with Crippen LogP contribution in [0.5, 0.6) is 0 Å². The average molecular weight is 403 g/mol. The Kier molecular flexibility index (Phi) is 4.27. The number of rotatable bonds is 5. The van der Waals surface area contributed by atoms with E-state index in [2.05, 4.69) is 52.3 Å². The van der Waals surface area contributed by atoms with Crippen LogP contribution < -0.4 is 0 Å². The molecule has 1 aliphatic carbocycles. The number of aromatic nitrogens is 2. The number of imidazole rings is 1. The maximum absolute atomic E-state index is 5.97. The molecule has 1 fully saturated rings. The second-order valence-electron chi connectivity index (χ2n) is 5.89. The molecule has 0 saturated heterocycles. The highest BCUT2D eigenvalue weighted by Crippen LogP contribution is 2.45. The van der Waals surface area contributed by atoms with Crippen molar-refractivity contribution in [2.75, 3.05) is 5.88 Å². The molecular weight excluding hydrogens is 383 g/mol. The Hall–Kier alpha value is -0.290. The van der Waals surface area contributed by atoms with Gasteiger partial charge in [-0.25, -0.2) is 4.98 Å². The molecule has 0 bridgehead atoms. The van der Waals surface area contributed by atoms with E-state index < -0.39 is 0 Å². The zero-order valence-corrected chi connectivity index (χ0v) is 14.7. The Morgan fingerprint density at radius 1 is 1.40 bits per heavy atom. The van der Waals surface area contributed by atoms with Gasteiger partial charge in [-0.2, -0.15) is 0 Å². The maximum atomic E-state index is 5.97. The van der Waals surface area contributed by atoms with Crippen LogP contribution in [0.25, 0.3) is 11.0 Å². The monoisotopic (exact) mass is 402 g/mol. The maximum Gasteiger partial charge on any atom is 0.111 e. The van der Waals surface area contributed by atoms with Gasteiger partial charge in [-0.15, -0.1) is 11.6 Å². The topological polar surface area (TPSA) is 17.8 Å². The number of benzene rings is 1. The summed E-state index contributed by atoms with van der Waals surface area (Å²) in [5, 5.41) is 0. The highest BCUT2D eigenvalue weighted by Gasteiger charge is 2.36. The molecule has 0 unspecified atom stereocenters. The first kappa shape index (κ1) is 14.6. The normalized spacial score (nSPS) is 17.4. The molecule has 1 aromatic heterocycles. The van der Waals surface area contributed by atoms with Crippen LogP contribution in [0.1, 0.15) is 38.4 Å². The molecule has 3 rings (SSSR count). The van der Waals surface area contributed by atoms with Crippen LogP contribution in [-0.4, -0.2) is 15.4 Å². The van der Waals surface area contributed by atoms with Crippen LogP contribution in [-0.2, 0) is 13.0 Å². The number of fused-ring (bicyclic) bond motifs is 1. The van der Waals surface area contributed by atoms with Gasteiger partial charge in [0.15, 0.2) is 0 Å². The second kappa shape index (κ2) is 5.84. The van der Waals surface area contributed by atoms with Crippen LogP contribution >= 0.6 is 34.2 Å². The van der Waals surface area contributed by atoms with Crippen molar-refractivity contribution in [3.05, 3.63) is 27.6 Å². The molecule has 0 amide bonds. The Morgan fingerprint density at radius 2 is 2.20 bits per heavy atom. The summed E-state index contributed by atoms with van der Waals surface area (Å²) in [4.78, 5) is 4.81. The van der Waals surface area contributed by atoms with Gasteiger partial charge in [0, 0.05) is 22.4 Å². The minimum atomic E-state index is 0.498. The summed E-state index contributed by atoms with van der Waals surface area (Å²) >= 11 is 8.31. The first-order valence-electron chi connectivity index (χ1n) is 7.38. The SMILES string of the molecule is CCC1(Cn2c(CCCl)nc3cc(I)ccc32)CCC1. The van der Waals surface area contributed by atoms with Crippen LogP contribution in [0.2, 0.25) is 0 Å². The van der Waals surface area contributed by atoms with E-state index in [1.165, 1.54) is 34.8 Å². The summed E-state index contributed by atoms with van der Waals surface area (Å²) in [6, 6.07) is 6.55. The fraction of sp³-hybridized carbons (Fsp3) is 0.562. The lowest BCUT2D eigenvalue weighted by Gasteiger charge is -2.42. The van der Waals surface area contributed by atoms with Crippen molar-refractivity contribution < 1.29 is 0 Å². The third kappa shape index (κ3) is 2.59. The molecular formula is C16H20ClIN2. The molecule has 0 radical (unpaired) electrons. The van der Waals surface area contributed by atoms with E-state index in [4.69, 9.17) is 16.6 Å². The van der Waals surface area contributed by atoms with E-state index in [-0.39, 0.29) is 0 Å². The minimum Gasteiger partial charge on any atom is -0.327 e. The van der Waals surface area contributed by atoms with Crippen LogP contribution in [0, 0.1) is 8.99 Å². The zero-order chi connectivity index (χ0) is 14.2. The van der Waals surface area contributed by atoms with Crippen molar-refractivity contribution in [3.63, 3.8) is 0 Å². The summed E-state index contributed by atoms with van der Waals surface area (Å²) in [6.07, 6.45) is 6.20. The largest absolute Gasteiger partial charge is 0.327 e. The van der Waals surface area contributed by atoms with Gasteiger partial charge in [0.05, 0.1) is 11.0 Å². The Labute approximate surface area is 139 Å². The molecule has 1 aliphatic rings. The first-order chi connectivity index (χ1) is 9.67. The lowest BCUT2D eigenvalue weighted by atomic mass is 9.67. The molecule has 0 atom stereocenters. The Balaban J connectivity index is 2.04. The number of hydrogen-bond donors (Lipinski definition) is 0. The summed E-state index contributed by atoms with van der Waals surface area (Å²) in [7, 11) is 0. The molecule has 0 spiro atoms. The fourth-order valence-electron chi connectivity index (χ4n) is 3.24. The van der Waals surface area contributed by atoms with E-state index in [1.54, 1.807) is 0 Å². The van der Waals surface area contributed by atoms with Crippen molar-refractivity contribution in [2.24, 2.45) is 5.41 Å². The quantitative estimate of drug-likeness (QED) is 0.508. The molecule has 108 valence electrons. The first-order valence-corrected chi connectivity index (χ1v) is 8.99. The van der Waals surface area contributed by atoms with Gasteiger partial charge in [-0.1, -0.05) is 13.3 Å². The molecule has 1 saturated carbocycles. The number of nitrogens with zero attached hydrogens (tertiary/aromatic N) is 2. The lowest BCUT2D eigenvalue weighted by molar-refractivity contribution is 0.101. The van der Waals surface area contributed by atoms with Gasteiger partial charge in [-0.05, 0) is 65.5 Å². The minimum absolute atomic E-state index is 0.498. The predicted octanol–water partition coefficient (Wildman–Crippen LogP) is 5.00. The van der Waals surface area contributed by atoms with Crippen molar-refractivity contribution in [3.8, 4) is 0 Å². The van der Waals surface area contributed by atoms with Crippen LogP contribution in [0.15, 0.2) is 18.2 Å². The summed E-state index contributed by atoms with van der Waals surface area (Å²) in [5.41, 5.74) is 2.88. The van der Waals surface area contributed by atoms with E-state index in [0.29, 0.717) is 11.3 Å². The number of hydrogen-bond acceptors (Lipinski definition) is 1. The van der Waals surface area contributed by atoms with Crippen LogP contribution in [0.3, 0.4) is 0 Å². The second-order valence-corrected chi connectivity index (χ2v) is 7.52. The third-order valence-electron chi connectivity index (χ3n) is 4.77. The molecule has 0 N–H and O–H groups in total. The van der Waals surface area contributed by atoms with E-state index in [1.807, 2.05) is 0 Å². The highest BCUT2D eigenvalue weighted by atomic mass is 127. The average Bonchev–Trinajstić information content (AvgIpc) is 2.71. The fourth-order valence-corrected chi connectivity index (χ4v) is 3.88. The number of alkyl halides is 1. The smallest absolute Gasteiger partial charge is 0.111 e. The zero-order valence-electron chi connectivity index (χ0n) is 11.8. The lowest BCUT2D eigenvalue weighted by Crippen LogP contribution is -2.34. The molecule has 1 aromatic carbocycles. The van der Waals surface area contributed by atoms with Crippen molar-refractivity contribution in [2.45, 2.75) is 45.6 Å². The third-order valence-corrected chi connectivity index (χ3v) is 5.63. The molecule has 20 heavy (non-hydrogen) atoms. The molecule has 2 nitrogen and oxygen atoms in total. The van der Waals surface area contributed by atoms with Gasteiger partial charge in [0.1, 0.15) is 5.82 Å². The van der Waals surface area contributed by atoms with E-state index in [0.717, 1.165) is 24.3 Å². The van der Waals surface area contributed by atoms with Gasteiger partial charge in [0.25, 0.3) is 0 Å². The van der Waals surface area contributed by atoms with Crippen molar-refractivity contribution in [1.82, 2.24) is 9.55 Å². The van der Waals surface area contributed by atoms with Gasteiger partial charge < -0.3 is 4.57 Å². The van der Waals surface area contributed by atoms with E-state index in [9.17, 15) is 0 Å². The summed E-state index contributed by atoms with van der Waals surface area (Å²) < 4.78 is 3.67. The van der Waals surface area contributed by atoms with Crippen LogP contribution in [0.4, 0.5) is 0 Å². The Morgan fingerprint density at radius 3 is 2.80 bits per heavy atom. The molecule has 0 aliphatic heterocycles. The van der Waals surface area contributed by atoms with Gasteiger partial charge in [-0.3, -0.25) is 0 Å². The number of aryl methyl sites for hydroxylation is 1. The van der Waals surface area contributed by atoms with Gasteiger partial charge in [0.2, 0.25) is 0 Å². The molecule has 4 heteroatoms. The van der Waals surface area contributed by atoms with Crippen molar-refractivity contribution in [1.29, 1.82) is 0 Å². The van der Waals surface area contributed by atoms with Gasteiger partial charge >= 0.3 is 0 Å². The number of halogens is 2. The molecule has 1 heterocycles. The predicted molar refractivity (Wildman–Crippen MR) is 93.4 cm³/mol. The summed E-state index contributed by atoms with van der Waals surface area (Å²) in [5.74, 6) is 1.79. The summed E-state index contributed by atoms with van der Waals surface area (Å²) in [6.45, 7) is 3.43.